The van der Waals surface area contributed by atoms with Crippen molar-refractivity contribution in [3.8, 4) is 0 Å². The Balaban J connectivity index is 1.91. The minimum absolute atomic E-state index is 0.226. The van der Waals surface area contributed by atoms with Gasteiger partial charge in [0.15, 0.2) is 6.79 Å². The highest BCUT2D eigenvalue weighted by atomic mass is 35.5. The van der Waals surface area contributed by atoms with Crippen LogP contribution in [0.4, 0.5) is 0 Å². The summed E-state index contributed by atoms with van der Waals surface area (Å²) in [6, 6.07) is 12.3. The average molecular weight is 441 g/mol. The fraction of sp³-hybridized carbons (Fsp3) is 0.250. The van der Waals surface area contributed by atoms with Gasteiger partial charge >= 0.3 is 17.9 Å². The molecule has 0 atom stereocenters. The first-order valence-electron chi connectivity index (χ1n) is 8.45. The van der Waals surface area contributed by atoms with E-state index in [4.69, 9.17) is 42.1 Å². The van der Waals surface area contributed by atoms with Gasteiger partial charge in [0, 0.05) is 17.0 Å². The summed E-state index contributed by atoms with van der Waals surface area (Å²) >= 11 is 11.6. The number of ether oxygens (including phenoxy) is 4. The lowest BCUT2D eigenvalue weighted by molar-refractivity contribution is -0.162. The second-order valence-electron chi connectivity index (χ2n) is 5.75. The molecule has 0 amide bonds. The Bertz CT molecular complexity index is 773. The summed E-state index contributed by atoms with van der Waals surface area (Å²) in [6.45, 7) is 0.393. The van der Waals surface area contributed by atoms with E-state index >= 15 is 0 Å². The van der Waals surface area contributed by atoms with Crippen LogP contribution < -0.4 is 0 Å². The van der Waals surface area contributed by atoms with Crippen molar-refractivity contribution in [3.05, 3.63) is 69.7 Å². The zero-order valence-electron chi connectivity index (χ0n) is 15.4. The molecule has 0 aliphatic carbocycles. The summed E-state index contributed by atoms with van der Waals surface area (Å²) in [7, 11) is 0. The number of carbonyl (C=O) groups is 3. The molecule has 0 fully saturated rings. The SMILES string of the molecule is CC(=O)OCOC(COC(=O)c1ccc(Cl)cc1)COC(=O)c1ccc(Cl)cc1. The van der Waals surface area contributed by atoms with Crippen LogP contribution in [0, 0.1) is 0 Å². The molecule has 0 spiro atoms. The lowest BCUT2D eigenvalue weighted by Gasteiger charge is -2.18. The van der Waals surface area contributed by atoms with Crippen molar-refractivity contribution in [2.24, 2.45) is 0 Å². The summed E-state index contributed by atoms with van der Waals surface area (Å²) < 4.78 is 20.4. The monoisotopic (exact) mass is 440 g/mol. The molecule has 0 radical (unpaired) electrons. The number of hydrogen-bond acceptors (Lipinski definition) is 7. The summed E-state index contributed by atoms with van der Waals surface area (Å²) in [5, 5.41) is 0.969. The molecule has 0 N–H and O–H groups in total. The molecule has 154 valence electrons. The summed E-state index contributed by atoms with van der Waals surface area (Å²) in [4.78, 5) is 35.1. The van der Waals surface area contributed by atoms with Gasteiger partial charge in [-0.2, -0.15) is 0 Å². The second kappa shape index (κ2) is 11.4. The lowest BCUT2D eigenvalue weighted by Crippen LogP contribution is -2.29. The second-order valence-corrected chi connectivity index (χ2v) is 6.63. The molecular formula is C20H18Cl2O7. The van der Waals surface area contributed by atoms with Crippen LogP contribution in [0.5, 0.6) is 0 Å². The predicted octanol–water partition coefficient (Wildman–Crippen LogP) is 3.91. The fourth-order valence-electron chi connectivity index (χ4n) is 2.03. The number of benzene rings is 2. The maximum Gasteiger partial charge on any atom is 0.338 e. The molecule has 0 aliphatic heterocycles. The van der Waals surface area contributed by atoms with Gasteiger partial charge in [-0.1, -0.05) is 23.2 Å². The van der Waals surface area contributed by atoms with E-state index in [1.807, 2.05) is 0 Å². The van der Waals surface area contributed by atoms with E-state index in [0.717, 1.165) is 0 Å². The molecule has 29 heavy (non-hydrogen) atoms. The van der Waals surface area contributed by atoms with Gasteiger partial charge in [0.1, 0.15) is 19.3 Å². The van der Waals surface area contributed by atoms with E-state index in [1.165, 1.54) is 31.2 Å². The van der Waals surface area contributed by atoms with Gasteiger partial charge in [-0.05, 0) is 48.5 Å². The molecule has 7 nitrogen and oxygen atoms in total. The topological polar surface area (TPSA) is 88.1 Å². The van der Waals surface area contributed by atoms with Gasteiger partial charge in [0.25, 0.3) is 0 Å². The van der Waals surface area contributed by atoms with Gasteiger partial charge < -0.3 is 18.9 Å². The summed E-state index contributed by atoms with van der Waals surface area (Å²) in [5.74, 6) is -1.75. The van der Waals surface area contributed by atoms with E-state index < -0.39 is 24.0 Å². The Kier molecular flexibility index (Phi) is 8.92. The molecule has 2 aromatic carbocycles. The highest BCUT2D eigenvalue weighted by molar-refractivity contribution is 6.30. The summed E-state index contributed by atoms with van der Waals surface area (Å²) in [6.07, 6.45) is -0.846. The Hall–Kier alpha value is -2.61. The van der Waals surface area contributed by atoms with Crippen molar-refractivity contribution in [1.82, 2.24) is 0 Å². The van der Waals surface area contributed by atoms with Crippen LogP contribution in [0.25, 0.3) is 0 Å². The maximum atomic E-state index is 12.1. The highest BCUT2D eigenvalue weighted by Gasteiger charge is 2.18. The first kappa shape index (κ1) is 22.7. The smallest absolute Gasteiger partial charge is 0.338 e. The highest BCUT2D eigenvalue weighted by Crippen LogP contribution is 2.12. The van der Waals surface area contributed by atoms with Gasteiger partial charge in [-0.15, -0.1) is 0 Å². The molecule has 0 bridgehead atoms. The van der Waals surface area contributed by atoms with E-state index in [-0.39, 0.29) is 20.0 Å². The Labute approximate surface area is 177 Å². The van der Waals surface area contributed by atoms with Crippen molar-refractivity contribution in [2.45, 2.75) is 13.0 Å². The van der Waals surface area contributed by atoms with Crippen molar-refractivity contribution in [2.75, 3.05) is 20.0 Å². The normalized spacial score (nSPS) is 10.5. The molecular weight excluding hydrogens is 423 g/mol. The Morgan fingerprint density at radius 2 is 1.17 bits per heavy atom. The summed E-state index contributed by atoms with van der Waals surface area (Å²) in [5.41, 5.74) is 0.595. The predicted molar refractivity (Wildman–Crippen MR) is 105 cm³/mol. The van der Waals surface area contributed by atoms with E-state index in [2.05, 4.69) is 0 Å². The Morgan fingerprint density at radius 1 is 0.759 bits per heavy atom. The van der Waals surface area contributed by atoms with E-state index in [9.17, 15) is 14.4 Å². The van der Waals surface area contributed by atoms with Crippen molar-refractivity contribution >= 4 is 41.1 Å². The maximum absolute atomic E-state index is 12.1. The number of rotatable bonds is 9. The zero-order valence-corrected chi connectivity index (χ0v) is 16.9. The minimum Gasteiger partial charge on any atom is -0.459 e. The lowest BCUT2D eigenvalue weighted by atomic mass is 10.2. The van der Waals surface area contributed by atoms with E-state index in [0.29, 0.717) is 21.2 Å². The average Bonchev–Trinajstić information content (AvgIpc) is 2.70. The van der Waals surface area contributed by atoms with Gasteiger partial charge in [-0.3, -0.25) is 4.79 Å². The third-order valence-corrected chi connectivity index (χ3v) is 4.03. The van der Waals surface area contributed by atoms with Crippen LogP contribution in [0.1, 0.15) is 27.6 Å². The third-order valence-electron chi connectivity index (χ3n) is 3.53. The number of carbonyl (C=O) groups excluding carboxylic acids is 3. The molecule has 9 heteroatoms. The molecule has 0 saturated carbocycles. The van der Waals surface area contributed by atoms with Crippen LogP contribution in [0.3, 0.4) is 0 Å². The van der Waals surface area contributed by atoms with Gasteiger partial charge in [-0.25, -0.2) is 9.59 Å². The molecule has 0 heterocycles. The molecule has 0 aliphatic rings. The number of esters is 3. The standard InChI is InChI=1S/C20H18Cl2O7/c1-13(23)28-12-29-18(10-26-19(24)14-2-6-16(21)7-3-14)11-27-20(25)15-4-8-17(22)9-5-15/h2-9,18H,10-12H2,1H3. The minimum atomic E-state index is -0.846. The number of halogens is 2. The third kappa shape index (κ3) is 8.11. The first-order valence-corrected chi connectivity index (χ1v) is 9.21. The van der Waals surface area contributed by atoms with Gasteiger partial charge in [0.05, 0.1) is 11.1 Å². The molecule has 2 aromatic rings. The fourth-order valence-corrected chi connectivity index (χ4v) is 2.29. The van der Waals surface area contributed by atoms with Crippen LogP contribution in [0.2, 0.25) is 10.0 Å². The largest absolute Gasteiger partial charge is 0.459 e. The van der Waals surface area contributed by atoms with E-state index in [1.54, 1.807) is 24.3 Å². The van der Waals surface area contributed by atoms with Crippen molar-refractivity contribution in [3.63, 3.8) is 0 Å². The zero-order chi connectivity index (χ0) is 21.2. The van der Waals surface area contributed by atoms with Crippen LogP contribution >= 0.6 is 23.2 Å². The molecule has 0 aromatic heterocycles. The Morgan fingerprint density at radius 3 is 1.55 bits per heavy atom. The molecule has 0 unspecified atom stereocenters. The number of hydrogen-bond donors (Lipinski definition) is 0. The van der Waals surface area contributed by atoms with Crippen LogP contribution in [-0.2, 0) is 23.7 Å². The quantitative estimate of drug-likeness (QED) is 0.331. The van der Waals surface area contributed by atoms with Crippen molar-refractivity contribution < 1.29 is 33.3 Å². The van der Waals surface area contributed by atoms with Crippen molar-refractivity contribution in [1.29, 1.82) is 0 Å². The first-order chi connectivity index (χ1) is 13.8. The van der Waals surface area contributed by atoms with Crippen LogP contribution in [-0.4, -0.2) is 44.0 Å². The van der Waals surface area contributed by atoms with Crippen LogP contribution in [0.15, 0.2) is 48.5 Å². The van der Waals surface area contributed by atoms with Gasteiger partial charge in [0.2, 0.25) is 0 Å². The molecule has 0 saturated heterocycles. The molecule has 2 rings (SSSR count).